The van der Waals surface area contributed by atoms with Gasteiger partial charge in [-0.1, -0.05) is 46.1 Å². The van der Waals surface area contributed by atoms with Gasteiger partial charge in [-0.2, -0.15) is 0 Å². The third-order valence-corrected chi connectivity index (χ3v) is 2.88. The highest BCUT2D eigenvalue weighted by atomic mass is 16.4. The number of hydrogen-bond donors (Lipinski definition) is 1. The van der Waals surface area contributed by atoms with E-state index in [9.17, 15) is 9.90 Å². The van der Waals surface area contributed by atoms with Gasteiger partial charge < -0.3 is 5.11 Å². The fourth-order valence-electron chi connectivity index (χ4n) is 2.23. The molecule has 1 rings (SSSR count). The maximum Gasteiger partial charge on any atom is 0.331 e. The van der Waals surface area contributed by atoms with Crippen molar-refractivity contribution in [3.8, 4) is 0 Å². The zero-order valence-electron chi connectivity index (χ0n) is 10.0. The molecule has 0 aromatic heterocycles. The van der Waals surface area contributed by atoms with Gasteiger partial charge >= 0.3 is 5.97 Å². The van der Waals surface area contributed by atoms with Crippen molar-refractivity contribution in [3.63, 3.8) is 0 Å². The lowest BCUT2D eigenvalue weighted by molar-refractivity contribution is -0.133. The molecule has 0 saturated heterocycles. The van der Waals surface area contributed by atoms with Gasteiger partial charge in [-0.25, -0.2) is 4.79 Å². The van der Waals surface area contributed by atoms with Gasteiger partial charge in [0.1, 0.15) is 0 Å². The number of carbonyl (C=O) groups is 1. The Morgan fingerprint density at radius 2 is 1.73 bits per heavy atom. The molecule has 2 nitrogen and oxygen atoms in total. The van der Waals surface area contributed by atoms with Crippen molar-refractivity contribution < 1.29 is 9.90 Å². The topological polar surface area (TPSA) is 37.3 Å². The quantitative estimate of drug-likeness (QED) is 0.707. The zero-order chi connectivity index (χ0) is 11.5. The van der Waals surface area contributed by atoms with Crippen LogP contribution in [0.15, 0.2) is 11.6 Å². The predicted octanol–water partition coefficient (Wildman–Crippen LogP) is 3.62. The van der Waals surface area contributed by atoms with Crippen molar-refractivity contribution >= 4 is 5.97 Å². The summed E-state index contributed by atoms with van der Waals surface area (Å²) in [6, 6.07) is 0. The van der Waals surface area contributed by atoms with Gasteiger partial charge in [0.2, 0.25) is 0 Å². The molecule has 1 aliphatic carbocycles. The Morgan fingerprint density at radius 1 is 1.20 bits per heavy atom. The Morgan fingerprint density at radius 3 is 2.13 bits per heavy atom. The van der Waals surface area contributed by atoms with Gasteiger partial charge in [0.15, 0.2) is 0 Å². The molecule has 0 unspecified atom stereocenters. The third kappa shape index (κ3) is 4.06. The molecule has 1 N–H and O–H groups in total. The van der Waals surface area contributed by atoms with Gasteiger partial charge in [0, 0.05) is 5.57 Å². The van der Waals surface area contributed by atoms with E-state index in [1.165, 1.54) is 19.3 Å². The van der Waals surface area contributed by atoms with Crippen molar-refractivity contribution in [2.75, 3.05) is 0 Å². The summed E-state index contributed by atoms with van der Waals surface area (Å²) < 4.78 is 0. The van der Waals surface area contributed by atoms with Crippen molar-refractivity contribution in [3.05, 3.63) is 11.6 Å². The first-order valence-electron chi connectivity index (χ1n) is 5.86. The maximum atomic E-state index is 11.2. The van der Waals surface area contributed by atoms with Crippen LogP contribution in [0.4, 0.5) is 0 Å². The molecule has 0 radical (unpaired) electrons. The molecule has 0 aromatic carbocycles. The van der Waals surface area contributed by atoms with Crippen molar-refractivity contribution in [1.82, 2.24) is 0 Å². The molecule has 0 spiro atoms. The molecule has 0 amide bonds. The lowest BCUT2D eigenvalue weighted by atomic mass is 9.80. The summed E-state index contributed by atoms with van der Waals surface area (Å²) in [5.74, 6) is -0.438. The third-order valence-electron chi connectivity index (χ3n) is 2.88. The van der Waals surface area contributed by atoms with Gasteiger partial charge in [0.25, 0.3) is 0 Å². The molecule has 1 saturated carbocycles. The van der Waals surface area contributed by atoms with Crippen LogP contribution < -0.4 is 0 Å². The van der Waals surface area contributed by atoms with Crippen LogP contribution in [0.5, 0.6) is 0 Å². The number of carboxylic acids is 1. The SMILES string of the molecule is CC(C)(C)C=C(C(=O)O)C1CCCCC1. The summed E-state index contributed by atoms with van der Waals surface area (Å²) in [5, 5.41) is 9.22. The Hall–Kier alpha value is -0.790. The molecule has 0 heterocycles. The van der Waals surface area contributed by atoms with Crippen LogP contribution in [-0.2, 0) is 4.79 Å². The Kier molecular flexibility index (Phi) is 3.95. The van der Waals surface area contributed by atoms with Crippen LogP contribution >= 0.6 is 0 Å². The van der Waals surface area contributed by atoms with Gasteiger partial charge in [-0.15, -0.1) is 0 Å². The second-order valence-corrected chi connectivity index (χ2v) is 5.61. The van der Waals surface area contributed by atoms with Crippen LogP contribution in [0.1, 0.15) is 52.9 Å². The Bertz CT molecular complexity index is 252. The largest absolute Gasteiger partial charge is 0.478 e. The minimum Gasteiger partial charge on any atom is -0.478 e. The number of aliphatic carboxylic acids is 1. The number of allylic oxidation sites excluding steroid dienone is 1. The van der Waals surface area contributed by atoms with E-state index in [0.717, 1.165) is 12.8 Å². The predicted molar refractivity (Wildman–Crippen MR) is 61.7 cm³/mol. The maximum absolute atomic E-state index is 11.2. The van der Waals surface area contributed by atoms with E-state index in [-0.39, 0.29) is 11.3 Å². The second kappa shape index (κ2) is 4.82. The highest BCUT2D eigenvalue weighted by Crippen LogP contribution is 2.32. The van der Waals surface area contributed by atoms with Gasteiger partial charge in [-0.05, 0) is 24.2 Å². The van der Waals surface area contributed by atoms with Crippen molar-refractivity contribution in [2.24, 2.45) is 11.3 Å². The molecule has 1 fully saturated rings. The lowest BCUT2D eigenvalue weighted by Crippen LogP contribution is -2.18. The lowest BCUT2D eigenvalue weighted by Gasteiger charge is -2.24. The molecule has 0 aliphatic heterocycles. The first-order valence-corrected chi connectivity index (χ1v) is 5.86. The fourth-order valence-corrected chi connectivity index (χ4v) is 2.23. The van der Waals surface area contributed by atoms with E-state index in [4.69, 9.17) is 0 Å². The monoisotopic (exact) mass is 210 g/mol. The molecular weight excluding hydrogens is 188 g/mol. The average Bonchev–Trinajstić information content (AvgIpc) is 2.14. The minimum atomic E-state index is -0.725. The average molecular weight is 210 g/mol. The molecule has 0 bridgehead atoms. The van der Waals surface area contributed by atoms with Gasteiger partial charge in [-0.3, -0.25) is 0 Å². The summed E-state index contributed by atoms with van der Waals surface area (Å²) >= 11 is 0. The summed E-state index contributed by atoms with van der Waals surface area (Å²) in [6.45, 7) is 6.16. The number of hydrogen-bond acceptors (Lipinski definition) is 1. The first-order chi connectivity index (χ1) is 6.90. The van der Waals surface area contributed by atoms with E-state index in [1.807, 2.05) is 6.08 Å². The van der Waals surface area contributed by atoms with E-state index < -0.39 is 5.97 Å². The molecular formula is C13H22O2. The van der Waals surface area contributed by atoms with Crippen LogP contribution in [0.2, 0.25) is 0 Å². The molecule has 15 heavy (non-hydrogen) atoms. The zero-order valence-corrected chi connectivity index (χ0v) is 10.0. The number of rotatable bonds is 2. The molecule has 1 aliphatic rings. The van der Waals surface area contributed by atoms with Crippen LogP contribution in [-0.4, -0.2) is 11.1 Å². The highest BCUT2D eigenvalue weighted by molar-refractivity contribution is 5.87. The van der Waals surface area contributed by atoms with Crippen LogP contribution in [0, 0.1) is 11.3 Å². The summed E-state index contributed by atoms with van der Waals surface area (Å²) in [6.07, 6.45) is 7.66. The Labute approximate surface area is 92.4 Å². The smallest absolute Gasteiger partial charge is 0.331 e. The summed E-state index contributed by atoms with van der Waals surface area (Å²) in [5.41, 5.74) is 0.604. The minimum absolute atomic E-state index is 0.0365. The van der Waals surface area contributed by atoms with Gasteiger partial charge in [0.05, 0.1) is 0 Å². The molecule has 2 heteroatoms. The molecule has 0 atom stereocenters. The normalized spacial score (nSPS) is 20.3. The molecule has 86 valence electrons. The van der Waals surface area contributed by atoms with E-state index in [1.54, 1.807) is 0 Å². The second-order valence-electron chi connectivity index (χ2n) is 5.61. The van der Waals surface area contributed by atoms with E-state index in [0.29, 0.717) is 5.57 Å². The Balaban J connectivity index is 2.82. The standard InChI is InChI=1S/C13H22O2/c1-13(2,3)9-11(12(14)15)10-7-5-4-6-8-10/h9-10H,4-8H2,1-3H3,(H,14,15). The summed E-state index contributed by atoms with van der Waals surface area (Å²) in [7, 11) is 0. The van der Waals surface area contributed by atoms with Crippen molar-refractivity contribution in [2.45, 2.75) is 52.9 Å². The number of carboxylic acid groups (broad SMARTS) is 1. The molecule has 0 aromatic rings. The van der Waals surface area contributed by atoms with E-state index in [2.05, 4.69) is 20.8 Å². The van der Waals surface area contributed by atoms with Crippen LogP contribution in [0.25, 0.3) is 0 Å². The van der Waals surface area contributed by atoms with Crippen LogP contribution in [0.3, 0.4) is 0 Å². The van der Waals surface area contributed by atoms with Crippen molar-refractivity contribution in [1.29, 1.82) is 0 Å². The fraction of sp³-hybridized carbons (Fsp3) is 0.769. The first kappa shape index (κ1) is 12.3. The summed E-state index contributed by atoms with van der Waals surface area (Å²) in [4.78, 5) is 11.2. The highest BCUT2D eigenvalue weighted by Gasteiger charge is 2.24. The van der Waals surface area contributed by atoms with E-state index >= 15 is 0 Å².